The minimum atomic E-state index is -2.03. The van der Waals surface area contributed by atoms with Gasteiger partial charge in [0.1, 0.15) is 0 Å². The number of benzene rings is 1. The van der Waals surface area contributed by atoms with Gasteiger partial charge in [0.25, 0.3) is 0 Å². The SMILES string of the molecule is CC(C)(C)[Si](C)(C)OC(CC(=O)O)c1ccc(Cl)cc1. The molecule has 1 N–H and O–H groups in total. The number of carboxylic acids is 1. The molecule has 1 aromatic rings. The van der Waals surface area contributed by atoms with Crippen molar-refractivity contribution in [3.63, 3.8) is 0 Å². The Morgan fingerprint density at radius 2 is 1.80 bits per heavy atom. The number of carbonyl (C=O) groups is 1. The summed E-state index contributed by atoms with van der Waals surface area (Å²) in [7, 11) is -2.03. The lowest BCUT2D eigenvalue weighted by molar-refractivity contribution is -0.139. The Morgan fingerprint density at radius 3 is 2.20 bits per heavy atom. The van der Waals surface area contributed by atoms with E-state index < -0.39 is 20.4 Å². The highest BCUT2D eigenvalue weighted by molar-refractivity contribution is 6.74. The van der Waals surface area contributed by atoms with Gasteiger partial charge in [-0.1, -0.05) is 44.5 Å². The number of hydrogen-bond donors (Lipinski definition) is 1. The number of rotatable bonds is 5. The molecule has 0 aliphatic rings. The van der Waals surface area contributed by atoms with Gasteiger partial charge < -0.3 is 9.53 Å². The Balaban J connectivity index is 3.02. The smallest absolute Gasteiger partial charge is 0.306 e. The largest absolute Gasteiger partial charge is 0.481 e. The zero-order chi connectivity index (χ0) is 15.6. The van der Waals surface area contributed by atoms with Gasteiger partial charge in [-0.15, -0.1) is 0 Å². The van der Waals surface area contributed by atoms with Crippen molar-refractivity contribution in [2.45, 2.75) is 51.4 Å². The van der Waals surface area contributed by atoms with Crippen molar-refractivity contribution in [3.05, 3.63) is 34.9 Å². The molecule has 0 radical (unpaired) electrons. The Labute approximate surface area is 127 Å². The van der Waals surface area contributed by atoms with E-state index in [1.54, 1.807) is 12.1 Å². The second-order valence-electron chi connectivity index (χ2n) is 6.52. The van der Waals surface area contributed by atoms with Crippen molar-refractivity contribution >= 4 is 25.9 Å². The first kappa shape index (κ1) is 17.2. The van der Waals surface area contributed by atoms with Crippen LogP contribution in [0.5, 0.6) is 0 Å². The highest BCUT2D eigenvalue weighted by Crippen LogP contribution is 2.40. The first-order valence-electron chi connectivity index (χ1n) is 6.68. The Kier molecular flexibility index (Phi) is 5.41. The molecule has 0 fully saturated rings. The van der Waals surface area contributed by atoms with Crippen LogP contribution >= 0.6 is 11.6 Å². The van der Waals surface area contributed by atoms with Crippen molar-refractivity contribution < 1.29 is 14.3 Å². The molecule has 20 heavy (non-hydrogen) atoms. The molecule has 0 spiro atoms. The van der Waals surface area contributed by atoms with Gasteiger partial charge in [0.05, 0.1) is 12.5 Å². The predicted octanol–water partition coefficient (Wildman–Crippen LogP) is 4.88. The van der Waals surface area contributed by atoms with Crippen LogP contribution in [-0.2, 0) is 9.22 Å². The average Bonchev–Trinajstić information content (AvgIpc) is 2.26. The molecule has 0 saturated carbocycles. The molecule has 1 unspecified atom stereocenters. The molecule has 0 heterocycles. The van der Waals surface area contributed by atoms with Crippen LogP contribution in [0.25, 0.3) is 0 Å². The van der Waals surface area contributed by atoms with Gasteiger partial charge >= 0.3 is 5.97 Å². The summed E-state index contributed by atoms with van der Waals surface area (Å²) < 4.78 is 6.25. The lowest BCUT2D eigenvalue weighted by Gasteiger charge is -2.39. The second-order valence-corrected chi connectivity index (χ2v) is 11.7. The fourth-order valence-corrected chi connectivity index (χ4v) is 3.01. The van der Waals surface area contributed by atoms with Crippen LogP contribution in [0.15, 0.2) is 24.3 Å². The highest BCUT2D eigenvalue weighted by atomic mass is 35.5. The van der Waals surface area contributed by atoms with E-state index >= 15 is 0 Å². The summed E-state index contributed by atoms with van der Waals surface area (Å²) in [5, 5.41) is 9.78. The predicted molar refractivity (Wildman–Crippen MR) is 84.7 cm³/mol. The normalized spacial score (nSPS) is 14.1. The summed E-state index contributed by atoms with van der Waals surface area (Å²) in [6, 6.07) is 7.20. The fraction of sp³-hybridized carbons (Fsp3) is 0.533. The van der Waals surface area contributed by atoms with Crippen LogP contribution in [0.3, 0.4) is 0 Å². The minimum Gasteiger partial charge on any atom is -0.481 e. The first-order chi connectivity index (χ1) is 9.03. The topological polar surface area (TPSA) is 46.5 Å². The highest BCUT2D eigenvalue weighted by Gasteiger charge is 2.39. The number of hydrogen-bond acceptors (Lipinski definition) is 2. The van der Waals surface area contributed by atoms with Crippen LogP contribution in [0.2, 0.25) is 23.2 Å². The number of halogens is 1. The standard InChI is InChI=1S/C15H23ClO3Si/c1-15(2,3)20(4,5)19-13(10-14(17)18)11-6-8-12(16)9-7-11/h6-9,13H,10H2,1-5H3,(H,17,18). The molecule has 0 aromatic heterocycles. The zero-order valence-electron chi connectivity index (χ0n) is 12.7. The molecule has 5 heteroatoms. The van der Waals surface area contributed by atoms with Crippen LogP contribution in [-0.4, -0.2) is 19.4 Å². The summed E-state index contributed by atoms with van der Waals surface area (Å²) >= 11 is 5.88. The molecular weight excluding hydrogens is 292 g/mol. The fourth-order valence-electron chi connectivity index (χ4n) is 1.60. The number of aliphatic carboxylic acids is 1. The molecule has 0 aliphatic heterocycles. The lowest BCUT2D eigenvalue weighted by Crippen LogP contribution is -2.42. The quantitative estimate of drug-likeness (QED) is 0.788. The zero-order valence-corrected chi connectivity index (χ0v) is 14.5. The molecule has 0 saturated heterocycles. The average molecular weight is 315 g/mol. The Morgan fingerprint density at radius 1 is 1.30 bits per heavy atom. The van der Waals surface area contributed by atoms with E-state index in [9.17, 15) is 4.79 Å². The molecule has 0 amide bonds. The third-order valence-electron chi connectivity index (χ3n) is 3.84. The second kappa shape index (κ2) is 6.29. The molecule has 112 valence electrons. The summed E-state index contributed by atoms with van der Waals surface area (Å²) in [5.41, 5.74) is 0.863. The van der Waals surface area contributed by atoms with Crippen molar-refractivity contribution in [2.24, 2.45) is 0 Å². The van der Waals surface area contributed by atoms with Gasteiger partial charge in [-0.3, -0.25) is 4.79 Å². The third kappa shape index (κ3) is 4.61. The summed E-state index contributed by atoms with van der Waals surface area (Å²) in [6.45, 7) is 10.7. The van der Waals surface area contributed by atoms with Crippen LogP contribution in [0.4, 0.5) is 0 Å². The van der Waals surface area contributed by atoms with E-state index in [4.69, 9.17) is 21.1 Å². The van der Waals surface area contributed by atoms with E-state index in [1.807, 2.05) is 12.1 Å². The van der Waals surface area contributed by atoms with Gasteiger partial charge in [0, 0.05) is 5.02 Å². The molecular formula is C15H23ClO3Si. The molecule has 1 atom stereocenters. The third-order valence-corrected chi connectivity index (χ3v) is 8.58. The van der Waals surface area contributed by atoms with E-state index in [2.05, 4.69) is 33.9 Å². The molecule has 1 rings (SSSR count). The Bertz CT molecular complexity index is 463. The van der Waals surface area contributed by atoms with Crippen molar-refractivity contribution in [2.75, 3.05) is 0 Å². The van der Waals surface area contributed by atoms with Gasteiger partial charge in [0.2, 0.25) is 0 Å². The molecule has 0 aliphatic carbocycles. The van der Waals surface area contributed by atoms with Gasteiger partial charge in [-0.05, 0) is 35.8 Å². The van der Waals surface area contributed by atoms with E-state index in [1.165, 1.54) is 0 Å². The maximum Gasteiger partial charge on any atom is 0.306 e. The van der Waals surface area contributed by atoms with Crippen molar-refractivity contribution in [1.82, 2.24) is 0 Å². The summed E-state index contributed by atoms with van der Waals surface area (Å²) in [5.74, 6) is -0.858. The van der Waals surface area contributed by atoms with Gasteiger partial charge in [0.15, 0.2) is 8.32 Å². The molecule has 1 aromatic carbocycles. The first-order valence-corrected chi connectivity index (χ1v) is 9.96. The van der Waals surface area contributed by atoms with E-state index in [-0.39, 0.29) is 11.5 Å². The van der Waals surface area contributed by atoms with Gasteiger partial charge in [-0.25, -0.2) is 0 Å². The van der Waals surface area contributed by atoms with Crippen molar-refractivity contribution in [3.8, 4) is 0 Å². The minimum absolute atomic E-state index is 0.0336. The molecule has 0 bridgehead atoms. The molecule has 3 nitrogen and oxygen atoms in total. The maximum absolute atomic E-state index is 11.1. The summed E-state index contributed by atoms with van der Waals surface area (Å²) in [4.78, 5) is 11.1. The summed E-state index contributed by atoms with van der Waals surface area (Å²) in [6.07, 6.45) is -0.459. The van der Waals surface area contributed by atoms with Gasteiger partial charge in [-0.2, -0.15) is 0 Å². The van der Waals surface area contributed by atoms with Crippen LogP contribution in [0, 0.1) is 0 Å². The van der Waals surface area contributed by atoms with Crippen molar-refractivity contribution in [1.29, 1.82) is 0 Å². The number of carboxylic acid groups (broad SMARTS) is 1. The monoisotopic (exact) mass is 314 g/mol. The lowest BCUT2D eigenvalue weighted by atomic mass is 10.1. The van der Waals surface area contributed by atoms with Crippen LogP contribution in [0.1, 0.15) is 38.9 Å². The Hall–Kier alpha value is -0.843. The maximum atomic E-state index is 11.1. The van der Waals surface area contributed by atoms with E-state index in [0.717, 1.165) is 5.56 Å². The van der Waals surface area contributed by atoms with E-state index in [0.29, 0.717) is 5.02 Å². The van der Waals surface area contributed by atoms with Crippen LogP contribution < -0.4 is 0 Å².